The third-order valence-corrected chi connectivity index (χ3v) is 6.73. The molecule has 33 heavy (non-hydrogen) atoms. The number of nitrogens with one attached hydrogen (secondary N) is 1. The van der Waals surface area contributed by atoms with Crippen molar-refractivity contribution < 1.29 is 28.9 Å². The van der Waals surface area contributed by atoms with Gasteiger partial charge >= 0.3 is 5.97 Å². The summed E-state index contributed by atoms with van der Waals surface area (Å²) in [6.45, 7) is 3.84. The fourth-order valence-corrected chi connectivity index (χ4v) is 5.29. The zero-order chi connectivity index (χ0) is 23.7. The molecule has 7 nitrogen and oxygen atoms in total. The molecule has 2 N–H and O–H groups in total. The lowest BCUT2D eigenvalue weighted by molar-refractivity contribution is -0.116. The van der Waals surface area contributed by atoms with E-state index in [9.17, 15) is 14.7 Å². The highest BCUT2D eigenvalue weighted by Crippen LogP contribution is 2.52. The van der Waals surface area contributed by atoms with Gasteiger partial charge in [0.05, 0.1) is 26.0 Å². The van der Waals surface area contributed by atoms with E-state index in [-0.39, 0.29) is 29.2 Å². The van der Waals surface area contributed by atoms with Gasteiger partial charge in [-0.15, -0.1) is 11.3 Å². The fraction of sp³-hybridized carbons (Fsp3) is 0.280. The third-order valence-electron chi connectivity index (χ3n) is 5.44. The smallest absolute Gasteiger partial charge is 0.346 e. The van der Waals surface area contributed by atoms with Crippen LogP contribution in [0.4, 0.5) is 5.69 Å². The largest absolute Gasteiger partial charge is 0.497 e. The van der Waals surface area contributed by atoms with Gasteiger partial charge in [0.2, 0.25) is 5.91 Å². The number of fused-ring (bicyclic) bond motifs is 1. The summed E-state index contributed by atoms with van der Waals surface area (Å²) in [5, 5.41) is 12.9. The molecule has 1 amide bonds. The zero-order valence-electron chi connectivity index (χ0n) is 18.8. The average Bonchev–Trinajstić information content (AvgIpc) is 3.18. The van der Waals surface area contributed by atoms with Crippen LogP contribution in [0.5, 0.6) is 17.2 Å². The highest BCUT2D eigenvalue weighted by atomic mass is 32.1. The molecule has 0 radical (unpaired) electrons. The lowest BCUT2D eigenvalue weighted by atomic mass is 9.88. The molecule has 3 aromatic rings. The fourth-order valence-electron chi connectivity index (χ4n) is 4.05. The number of hydrogen-bond acceptors (Lipinski definition) is 6. The number of aromatic carboxylic acids is 1. The number of ether oxygens (including phenoxy) is 3. The molecule has 2 heterocycles. The molecule has 0 fully saturated rings. The number of amides is 1. The molecule has 1 aromatic heterocycles. The second-order valence-corrected chi connectivity index (χ2v) is 8.98. The molecule has 0 aliphatic carbocycles. The Bertz CT molecular complexity index is 1200. The Morgan fingerprint density at radius 3 is 2.45 bits per heavy atom. The van der Waals surface area contributed by atoms with Crippen molar-refractivity contribution in [2.45, 2.75) is 32.3 Å². The molecule has 172 valence electrons. The second kappa shape index (κ2) is 9.15. The Morgan fingerprint density at radius 2 is 1.85 bits per heavy atom. The van der Waals surface area contributed by atoms with Gasteiger partial charge in [0.15, 0.2) is 11.5 Å². The van der Waals surface area contributed by atoms with Crippen LogP contribution >= 0.6 is 11.3 Å². The molecular formula is C25H25NO6S. The van der Waals surface area contributed by atoms with Crippen LogP contribution in [-0.4, -0.2) is 37.3 Å². The topological polar surface area (TPSA) is 94.1 Å². The van der Waals surface area contributed by atoms with E-state index in [4.69, 9.17) is 14.2 Å². The Hall–Kier alpha value is -3.52. The Kier molecular flexibility index (Phi) is 6.29. The molecule has 0 saturated carbocycles. The molecule has 1 atom stereocenters. The zero-order valence-corrected chi connectivity index (χ0v) is 19.6. The maximum absolute atomic E-state index is 12.8. The van der Waals surface area contributed by atoms with Crippen molar-refractivity contribution in [3.05, 3.63) is 57.8 Å². The number of rotatable bonds is 7. The number of carboxylic acids is 1. The first-order valence-electron chi connectivity index (χ1n) is 10.5. The summed E-state index contributed by atoms with van der Waals surface area (Å²) in [5.74, 6) is 0.199. The summed E-state index contributed by atoms with van der Waals surface area (Å²) in [5.41, 5.74) is 2.51. The summed E-state index contributed by atoms with van der Waals surface area (Å²) in [7, 11) is 3.14. The molecule has 0 saturated heterocycles. The quantitative estimate of drug-likeness (QED) is 0.484. The van der Waals surface area contributed by atoms with Gasteiger partial charge in [0, 0.05) is 28.3 Å². The first-order valence-corrected chi connectivity index (χ1v) is 11.3. The maximum atomic E-state index is 12.8. The molecule has 4 rings (SSSR count). The minimum absolute atomic E-state index is 0.107. The predicted molar refractivity (Wildman–Crippen MR) is 127 cm³/mol. The van der Waals surface area contributed by atoms with Crippen LogP contribution in [-0.2, 0) is 4.79 Å². The van der Waals surface area contributed by atoms with Crippen LogP contribution in [0.2, 0.25) is 0 Å². The number of para-hydroxylation sites is 1. The Labute approximate surface area is 195 Å². The predicted octanol–water partition coefficient (Wildman–Crippen LogP) is 5.39. The molecule has 1 aliphatic rings. The number of hydrogen-bond donors (Lipinski definition) is 2. The van der Waals surface area contributed by atoms with Crippen LogP contribution in [0.1, 0.15) is 46.3 Å². The molecule has 0 spiro atoms. The van der Waals surface area contributed by atoms with E-state index in [1.54, 1.807) is 38.5 Å². The van der Waals surface area contributed by atoms with Crippen molar-refractivity contribution in [1.82, 2.24) is 0 Å². The number of carboxylic acid groups (broad SMARTS) is 1. The molecule has 0 unspecified atom stereocenters. The van der Waals surface area contributed by atoms with Gasteiger partial charge in [-0.2, -0.15) is 0 Å². The Balaban J connectivity index is 1.92. The molecule has 1 aliphatic heterocycles. The lowest BCUT2D eigenvalue weighted by Crippen LogP contribution is -2.23. The van der Waals surface area contributed by atoms with E-state index >= 15 is 0 Å². The van der Waals surface area contributed by atoms with Crippen molar-refractivity contribution in [2.24, 2.45) is 0 Å². The van der Waals surface area contributed by atoms with Crippen molar-refractivity contribution in [2.75, 3.05) is 19.5 Å². The van der Waals surface area contributed by atoms with Gasteiger partial charge in [0.25, 0.3) is 0 Å². The number of methoxy groups -OCH3 is 2. The van der Waals surface area contributed by atoms with Crippen molar-refractivity contribution in [3.8, 4) is 28.4 Å². The lowest BCUT2D eigenvalue weighted by Gasteiger charge is -2.27. The second-order valence-electron chi connectivity index (χ2n) is 7.93. The average molecular weight is 468 g/mol. The van der Waals surface area contributed by atoms with Gasteiger partial charge in [0.1, 0.15) is 10.6 Å². The van der Waals surface area contributed by atoms with Crippen molar-refractivity contribution >= 4 is 28.9 Å². The van der Waals surface area contributed by atoms with Crippen LogP contribution in [0.15, 0.2) is 42.5 Å². The summed E-state index contributed by atoms with van der Waals surface area (Å²) in [6, 6.07) is 12.7. The van der Waals surface area contributed by atoms with E-state index in [1.165, 1.54) is 11.3 Å². The summed E-state index contributed by atoms with van der Waals surface area (Å²) >= 11 is 1.18. The molecule has 2 aromatic carbocycles. The van der Waals surface area contributed by atoms with E-state index < -0.39 is 5.97 Å². The van der Waals surface area contributed by atoms with Crippen LogP contribution < -0.4 is 19.5 Å². The van der Waals surface area contributed by atoms with Crippen LogP contribution in [0, 0.1) is 0 Å². The summed E-state index contributed by atoms with van der Waals surface area (Å²) in [4.78, 5) is 26.0. The van der Waals surface area contributed by atoms with E-state index in [0.29, 0.717) is 34.1 Å². The third kappa shape index (κ3) is 4.26. The first-order chi connectivity index (χ1) is 15.8. The highest BCUT2D eigenvalue weighted by Gasteiger charge is 2.36. The number of benzene rings is 2. The number of carbonyl (C=O) groups is 2. The number of anilines is 1. The standard InChI is InChI=1S/C25H25NO6S/c1-13(2)32-22-16(6-5-7-18(22)31-4)17-12-19(27)26-21-20(24(25(28)29)33-23(17)21)14-8-10-15(30-3)11-9-14/h5-11,13,17H,12H2,1-4H3,(H,26,27)(H,28,29)/t17-/m1/s1. The maximum Gasteiger partial charge on any atom is 0.346 e. The van der Waals surface area contributed by atoms with Crippen LogP contribution in [0.3, 0.4) is 0 Å². The normalized spacial score (nSPS) is 15.1. The highest BCUT2D eigenvalue weighted by molar-refractivity contribution is 7.15. The number of thiophene rings is 1. The van der Waals surface area contributed by atoms with Crippen molar-refractivity contribution in [1.29, 1.82) is 0 Å². The minimum atomic E-state index is -1.04. The van der Waals surface area contributed by atoms with Gasteiger partial charge in [-0.05, 0) is 37.6 Å². The molecular weight excluding hydrogens is 442 g/mol. The first kappa shape index (κ1) is 22.7. The van der Waals surface area contributed by atoms with E-state index in [0.717, 1.165) is 10.4 Å². The number of carbonyl (C=O) groups excluding carboxylic acids is 1. The van der Waals surface area contributed by atoms with Gasteiger partial charge < -0.3 is 24.6 Å². The SMILES string of the molecule is COc1ccc(-c2c(C(=O)O)sc3c2NC(=O)C[C@@H]3c2cccc(OC)c2OC(C)C)cc1. The van der Waals surface area contributed by atoms with Gasteiger partial charge in [-0.1, -0.05) is 24.3 Å². The Morgan fingerprint density at radius 1 is 1.12 bits per heavy atom. The van der Waals surface area contributed by atoms with Crippen molar-refractivity contribution in [3.63, 3.8) is 0 Å². The molecule has 0 bridgehead atoms. The van der Waals surface area contributed by atoms with Crippen LogP contribution in [0.25, 0.3) is 11.1 Å². The minimum Gasteiger partial charge on any atom is -0.497 e. The summed E-state index contributed by atoms with van der Waals surface area (Å²) < 4.78 is 16.8. The van der Waals surface area contributed by atoms with E-state index in [2.05, 4.69) is 5.32 Å². The van der Waals surface area contributed by atoms with Gasteiger partial charge in [-0.25, -0.2) is 4.79 Å². The van der Waals surface area contributed by atoms with E-state index in [1.807, 2.05) is 32.0 Å². The molecule has 8 heteroatoms. The summed E-state index contributed by atoms with van der Waals surface area (Å²) in [6.07, 6.45) is 0.0701. The van der Waals surface area contributed by atoms with Gasteiger partial charge in [-0.3, -0.25) is 4.79 Å². The monoisotopic (exact) mass is 467 g/mol.